The first-order valence-electron chi connectivity index (χ1n) is 7.15. The second kappa shape index (κ2) is 6.46. The molecule has 0 saturated heterocycles. The third-order valence-corrected chi connectivity index (χ3v) is 4.46. The summed E-state index contributed by atoms with van der Waals surface area (Å²) in [4.78, 5) is 5.45. The lowest BCUT2D eigenvalue weighted by molar-refractivity contribution is 0.470. The Labute approximate surface area is 123 Å². The fourth-order valence-corrected chi connectivity index (χ4v) is 3.17. The van der Waals surface area contributed by atoms with Crippen molar-refractivity contribution >= 4 is 11.3 Å². The molecule has 1 aromatic carbocycles. The van der Waals surface area contributed by atoms with Crippen molar-refractivity contribution in [1.29, 1.82) is 0 Å². The van der Waals surface area contributed by atoms with Gasteiger partial charge in [0.05, 0.1) is 5.51 Å². The molecule has 20 heavy (non-hydrogen) atoms. The van der Waals surface area contributed by atoms with Gasteiger partial charge in [-0.15, -0.1) is 11.3 Å². The standard InChI is InChI=1S/C16H19FN2S/c17-14-3-1-2-12(7-14)6-13(9-19-15-4-5-15)8-16-10-18-11-20-16/h1-3,7,10-11,13,15,19H,4-6,8-9H2. The first-order valence-corrected chi connectivity index (χ1v) is 8.03. The van der Waals surface area contributed by atoms with Crippen LogP contribution < -0.4 is 5.32 Å². The lowest BCUT2D eigenvalue weighted by atomic mass is 9.95. The molecule has 0 amide bonds. The van der Waals surface area contributed by atoms with E-state index in [0.29, 0.717) is 12.0 Å². The van der Waals surface area contributed by atoms with Crippen LogP contribution in [-0.4, -0.2) is 17.6 Å². The lowest BCUT2D eigenvalue weighted by Crippen LogP contribution is -2.27. The maximum Gasteiger partial charge on any atom is 0.123 e. The monoisotopic (exact) mass is 290 g/mol. The molecular weight excluding hydrogens is 271 g/mol. The topological polar surface area (TPSA) is 24.9 Å². The summed E-state index contributed by atoms with van der Waals surface area (Å²) in [7, 11) is 0. The molecule has 0 spiro atoms. The van der Waals surface area contributed by atoms with E-state index >= 15 is 0 Å². The van der Waals surface area contributed by atoms with Crippen LogP contribution in [0.25, 0.3) is 0 Å². The van der Waals surface area contributed by atoms with E-state index in [1.807, 2.05) is 17.8 Å². The normalized spacial score (nSPS) is 16.2. The first kappa shape index (κ1) is 13.7. The Kier molecular flexibility index (Phi) is 4.43. The van der Waals surface area contributed by atoms with Crippen LogP contribution >= 0.6 is 11.3 Å². The van der Waals surface area contributed by atoms with E-state index in [2.05, 4.69) is 10.3 Å². The molecule has 3 rings (SSSR count). The number of hydrogen-bond acceptors (Lipinski definition) is 3. The summed E-state index contributed by atoms with van der Waals surface area (Å²) >= 11 is 1.70. The van der Waals surface area contributed by atoms with E-state index in [0.717, 1.165) is 24.9 Å². The van der Waals surface area contributed by atoms with E-state index in [4.69, 9.17) is 0 Å². The average Bonchev–Trinajstić information content (AvgIpc) is 3.12. The number of rotatable bonds is 7. The Balaban J connectivity index is 1.63. The van der Waals surface area contributed by atoms with Gasteiger partial charge in [0.15, 0.2) is 0 Å². The largest absolute Gasteiger partial charge is 0.314 e. The highest BCUT2D eigenvalue weighted by Crippen LogP contribution is 2.21. The summed E-state index contributed by atoms with van der Waals surface area (Å²) in [5.41, 5.74) is 2.96. The molecule has 1 saturated carbocycles. The van der Waals surface area contributed by atoms with Crippen LogP contribution in [0, 0.1) is 11.7 Å². The molecule has 106 valence electrons. The molecule has 0 bridgehead atoms. The summed E-state index contributed by atoms with van der Waals surface area (Å²) in [6, 6.07) is 7.68. The molecule has 0 aliphatic heterocycles. The number of hydrogen-bond donors (Lipinski definition) is 1. The molecular formula is C16H19FN2S. The second-order valence-corrected chi connectivity index (χ2v) is 6.53. The highest BCUT2D eigenvalue weighted by atomic mass is 32.1. The predicted octanol–water partition coefficient (Wildman–Crippen LogP) is 3.44. The van der Waals surface area contributed by atoms with E-state index in [1.54, 1.807) is 23.5 Å². The van der Waals surface area contributed by atoms with Crippen molar-refractivity contribution in [2.75, 3.05) is 6.54 Å². The van der Waals surface area contributed by atoms with Crippen molar-refractivity contribution in [2.24, 2.45) is 5.92 Å². The molecule has 2 aromatic rings. The van der Waals surface area contributed by atoms with Crippen LogP contribution in [0.1, 0.15) is 23.3 Å². The van der Waals surface area contributed by atoms with Gasteiger partial charge in [0.2, 0.25) is 0 Å². The Morgan fingerprint density at radius 3 is 2.95 bits per heavy atom. The smallest absolute Gasteiger partial charge is 0.123 e. The minimum Gasteiger partial charge on any atom is -0.314 e. The highest BCUT2D eigenvalue weighted by Gasteiger charge is 2.22. The Hall–Kier alpha value is -1.26. The summed E-state index contributed by atoms with van der Waals surface area (Å²) < 4.78 is 13.3. The Morgan fingerprint density at radius 1 is 1.35 bits per heavy atom. The molecule has 1 aliphatic rings. The third kappa shape index (κ3) is 4.12. The van der Waals surface area contributed by atoms with Gasteiger partial charge in [-0.2, -0.15) is 0 Å². The zero-order valence-electron chi connectivity index (χ0n) is 11.4. The van der Waals surface area contributed by atoms with Gasteiger partial charge in [-0.1, -0.05) is 12.1 Å². The molecule has 4 heteroatoms. The SMILES string of the molecule is Fc1cccc(CC(CNC2CC2)Cc2cncs2)c1. The van der Waals surface area contributed by atoms with Gasteiger partial charge < -0.3 is 5.32 Å². The van der Waals surface area contributed by atoms with Crippen molar-refractivity contribution in [1.82, 2.24) is 10.3 Å². The van der Waals surface area contributed by atoms with E-state index in [1.165, 1.54) is 23.8 Å². The van der Waals surface area contributed by atoms with Gasteiger partial charge in [-0.05, 0) is 55.8 Å². The van der Waals surface area contributed by atoms with Crippen LogP contribution in [0.2, 0.25) is 0 Å². The lowest BCUT2D eigenvalue weighted by Gasteiger charge is -2.17. The van der Waals surface area contributed by atoms with Crippen LogP contribution in [0.3, 0.4) is 0 Å². The van der Waals surface area contributed by atoms with Gasteiger partial charge in [-0.25, -0.2) is 4.39 Å². The molecule has 1 aliphatic carbocycles. The summed E-state index contributed by atoms with van der Waals surface area (Å²) in [5.74, 6) is 0.354. The predicted molar refractivity (Wildman–Crippen MR) is 80.4 cm³/mol. The summed E-state index contributed by atoms with van der Waals surface area (Å²) in [6.45, 7) is 0.999. The number of nitrogens with zero attached hydrogens (tertiary/aromatic N) is 1. The number of halogens is 1. The minimum atomic E-state index is -0.144. The van der Waals surface area contributed by atoms with Crippen molar-refractivity contribution in [2.45, 2.75) is 31.7 Å². The molecule has 1 fully saturated rings. The minimum absolute atomic E-state index is 0.144. The Bertz CT molecular complexity index is 537. The first-order chi connectivity index (χ1) is 9.79. The van der Waals surface area contributed by atoms with Crippen molar-refractivity contribution in [3.8, 4) is 0 Å². The van der Waals surface area contributed by atoms with Crippen LogP contribution in [0.4, 0.5) is 4.39 Å². The summed E-state index contributed by atoms with van der Waals surface area (Å²) in [5, 5.41) is 3.59. The van der Waals surface area contributed by atoms with Crippen molar-refractivity contribution < 1.29 is 4.39 Å². The molecule has 2 nitrogen and oxygen atoms in total. The zero-order chi connectivity index (χ0) is 13.8. The fraction of sp³-hybridized carbons (Fsp3) is 0.438. The van der Waals surface area contributed by atoms with Gasteiger partial charge in [0.25, 0.3) is 0 Å². The van der Waals surface area contributed by atoms with Crippen molar-refractivity contribution in [3.05, 3.63) is 52.2 Å². The number of aromatic nitrogens is 1. The number of benzene rings is 1. The molecule has 0 radical (unpaired) electrons. The number of nitrogens with one attached hydrogen (secondary N) is 1. The molecule has 1 unspecified atom stereocenters. The van der Waals surface area contributed by atoms with Gasteiger partial charge in [0.1, 0.15) is 5.82 Å². The molecule has 1 aromatic heterocycles. The van der Waals surface area contributed by atoms with Crippen LogP contribution in [0.5, 0.6) is 0 Å². The van der Waals surface area contributed by atoms with Crippen LogP contribution in [-0.2, 0) is 12.8 Å². The highest BCUT2D eigenvalue weighted by molar-refractivity contribution is 7.09. The fourth-order valence-electron chi connectivity index (χ4n) is 2.46. The zero-order valence-corrected chi connectivity index (χ0v) is 12.2. The quantitative estimate of drug-likeness (QED) is 0.845. The van der Waals surface area contributed by atoms with Crippen LogP contribution in [0.15, 0.2) is 36.0 Å². The maximum atomic E-state index is 13.3. The number of thiazole rings is 1. The van der Waals surface area contributed by atoms with Gasteiger partial charge in [0, 0.05) is 17.1 Å². The molecule has 1 N–H and O–H groups in total. The van der Waals surface area contributed by atoms with E-state index in [9.17, 15) is 4.39 Å². The average molecular weight is 290 g/mol. The van der Waals surface area contributed by atoms with Gasteiger partial charge in [-0.3, -0.25) is 4.98 Å². The molecule has 1 heterocycles. The summed E-state index contributed by atoms with van der Waals surface area (Å²) in [6.07, 6.45) is 6.47. The van der Waals surface area contributed by atoms with Gasteiger partial charge >= 0.3 is 0 Å². The van der Waals surface area contributed by atoms with E-state index in [-0.39, 0.29) is 5.82 Å². The van der Waals surface area contributed by atoms with Crippen molar-refractivity contribution in [3.63, 3.8) is 0 Å². The maximum absolute atomic E-state index is 13.3. The van der Waals surface area contributed by atoms with E-state index < -0.39 is 0 Å². The second-order valence-electron chi connectivity index (χ2n) is 5.55. The Morgan fingerprint density at radius 2 is 2.25 bits per heavy atom. The molecule has 1 atom stereocenters. The third-order valence-electron chi connectivity index (χ3n) is 3.66.